The molecular formula is C3H4O5S. The van der Waals surface area contributed by atoms with Crippen molar-refractivity contribution in [2.45, 2.75) is 0 Å². The fourth-order valence-electron chi connectivity index (χ4n) is 0.174. The highest BCUT2D eigenvalue weighted by Crippen LogP contribution is 1.76. The number of hydrogen-bond acceptors (Lipinski definition) is 3. The second-order valence-electron chi connectivity index (χ2n) is 1.19. The van der Waals surface area contributed by atoms with Crippen molar-refractivity contribution in [3.8, 4) is 0 Å². The third-order valence-corrected chi connectivity index (χ3v) is 1.00. The van der Waals surface area contributed by atoms with Crippen molar-refractivity contribution >= 4 is 22.8 Å². The average molecular weight is 152 g/mol. The molecule has 0 amide bonds. The van der Waals surface area contributed by atoms with Crippen LogP contribution in [0.25, 0.3) is 0 Å². The first-order chi connectivity index (χ1) is 4.04. The van der Waals surface area contributed by atoms with Crippen molar-refractivity contribution in [3.05, 3.63) is 0 Å². The van der Waals surface area contributed by atoms with Crippen molar-refractivity contribution in [1.82, 2.24) is 0 Å². The molecule has 0 bridgehead atoms. The topological polar surface area (TPSA) is 91.7 Å². The van der Waals surface area contributed by atoms with Gasteiger partial charge in [-0.15, -0.1) is 0 Å². The lowest BCUT2D eigenvalue weighted by atomic mass is 10.5. The van der Waals surface area contributed by atoms with E-state index in [1.807, 2.05) is 0 Å². The molecule has 52 valence electrons. The Kier molecular flexibility index (Phi) is 3.03. The van der Waals surface area contributed by atoms with Crippen LogP contribution in [0, 0.1) is 0 Å². The molecule has 0 radical (unpaired) electrons. The first kappa shape index (κ1) is 8.25. The first-order valence-corrected chi connectivity index (χ1v) is 3.15. The maximum atomic E-state index is 10.0. The van der Waals surface area contributed by atoms with Gasteiger partial charge in [0.2, 0.25) is 0 Å². The Morgan fingerprint density at radius 1 is 1.44 bits per heavy atom. The Morgan fingerprint density at radius 3 is 2.00 bits per heavy atom. The van der Waals surface area contributed by atoms with Gasteiger partial charge in [0.1, 0.15) is 5.75 Å². The highest BCUT2D eigenvalue weighted by molar-refractivity contribution is 7.80. The van der Waals surface area contributed by atoms with Gasteiger partial charge < -0.3 is 9.66 Å². The summed E-state index contributed by atoms with van der Waals surface area (Å²) in [4.78, 5) is 19.6. The molecule has 6 heteroatoms. The molecule has 0 rings (SSSR count). The zero-order chi connectivity index (χ0) is 7.44. The van der Waals surface area contributed by atoms with Gasteiger partial charge in [-0.3, -0.25) is 4.79 Å². The lowest BCUT2D eigenvalue weighted by molar-refractivity contribution is -0.147. The molecule has 0 aliphatic heterocycles. The number of rotatable bonds is 3. The molecule has 0 aliphatic carbocycles. The Morgan fingerprint density at radius 2 is 1.89 bits per heavy atom. The third kappa shape index (κ3) is 3.80. The van der Waals surface area contributed by atoms with E-state index in [9.17, 15) is 13.8 Å². The molecule has 0 saturated heterocycles. The predicted octanol–water partition coefficient (Wildman–Crippen LogP) is -1.14. The van der Waals surface area contributed by atoms with E-state index in [2.05, 4.69) is 0 Å². The van der Waals surface area contributed by atoms with Crippen LogP contribution in [0.3, 0.4) is 0 Å². The van der Waals surface area contributed by atoms with E-state index in [0.717, 1.165) is 0 Å². The molecule has 9 heavy (non-hydrogen) atoms. The molecule has 2 N–H and O–H groups in total. The van der Waals surface area contributed by atoms with Crippen LogP contribution in [0.15, 0.2) is 0 Å². The molecular weight excluding hydrogens is 148 g/mol. The van der Waals surface area contributed by atoms with Crippen molar-refractivity contribution < 1.29 is 23.5 Å². The van der Waals surface area contributed by atoms with Gasteiger partial charge in [0.25, 0.3) is 5.78 Å². The van der Waals surface area contributed by atoms with Gasteiger partial charge in [0.15, 0.2) is 11.1 Å². The van der Waals surface area contributed by atoms with E-state index in [1.54, 1.807) is 0 Å². The summed E-state index contributed by atoms with van der Waals surface area (Å²) >= 11 is -2.35. The Balaban J connectivity index is 3.79. The second kappa shape index (κ2) is 3.31. The summed E-state index contributed by atoms with van der Waals surface area (Å²) in [6.07, 6.45) is 0. The van der Waals surface area contributed by atoms with Crippen LogP contribution in [0.2, 0.25) is 0 Å². The molecule has 0 fully saturated rings. The minimum atomic E-state index is -2.35. The summed E-state index contributed by atoms with van der Waals surface area (Å²) < 4.78 is 17.7. The number of carbonyl (C=O) groups is 2. The van der Waals surface area contributed by atoms with Crippen LogP contribution >= 0.6 is 0 Å². The van der Waals surface area contributed by atoms with Crippen molar-refractivity contribution in [1.29, 1.82) is 0 Å². The zero-order valence-corrected chi connectivity index (χ0v) is 5.05. The zero-order valence-electron chi connectivity index (χ0n) is 4.23. The maximum absolute atomic E-state index is 10.0. The van der Waals surface area contributed by atoms with E-state index < -0.39 is 28.6 Å². The van der Waals surface area contributed by atoms with Gasteiger partial charge >= 0.3 is 5.97 Å². The summed E-state index contributed by atoms with van der Waals surface area (Å²) in [5.74, 6) is -3.77. The lowest BCUT2D eigenvalue weighted by Crippen LogP contribution is -2.19. The van der Waals surface area contributed by atoms with Crippen LogP contribution < -0.4 is 0 Å². The largest absolute Gasteiger partial charge is 0.475 e. The Hall–Kier alpha value is -0.750. The van der Waals surface area contributed by atoms with Gasteiger partial charge in [-0.05, 0) is 0 Å². The van der Waals surface area contributed by atoms with E-state index in [-0.39, 0.29) is 0 Å². The number of carbonyl (C=O) groups excluding carboxylic acids is 1. The van der Waals surface area contributed by atoms with E-state index in [0.29, 0.717) is 0 Å². The summed E-state index contributed by atoms with van der Waals surface area (Å²) in [7, 11) is 0. The first-order valence-electron chi connectivity index (χ1n) is 1.87. The highest BCUT2D eigenvalue weighted by atomic mass is 32.2. The van der Waals surface area contributed by atoms with Gasteiger partial charge in [-0.2, -0.15) is 0 Å². The number of Topliss-reactive ketones (excluding diaryl/α,β-unsaturated/α-hetero) is 1. The summed E-state index contributed by atoms with van der Waals surface area (Å²) in [6, 6.07) is 0. The van der Waals surface area contributed by atoms with E-state index in [4.69, 9.17) is 9.66 Å². The van der Waals surface area contributed by atoms with Crippen LogP contribution in [0.5, 0.6) is 0 Å². The number of carboxylic acid groups (broad SMARTS) is 1. The molecule has 0 aromatic heterocycles. The fourth-order valence-corrected chi connectivity index (χ4v) is 0.522. The minimum absolute atomic E-state index is 0.838. The van der Waals surface area contributed by atoms with E-state index in [1.165, 1.54) is 0 Å². The SMILES string of the molecule is O=C(O)C(=O)CS(=O)O. The molecule has 0 aliphatic rings. The predicted molar refractivity (Wildman–Crippen MR) is 28.3 cm³/mol. The maximum Gasteiger partial charge on any atom is 0.373 e. The monoisotopic (exact) mass is 152 g/mol. The fraction of sp³-hybridized carbons (Fsp3) is 0.333. The van der Waals surface area contributed by atoms with Crippen LogP contribution in [0.1, 0.15) is 0 Å². The lowest BCUT2D eigenvalue weighted by Gasteiger charge is -1.86. The van der Waals surface area contributed by atoms with Crippen molar-refractivity contribution in [2.75, 3.05) is 5.75 Å². The van der Waals surface area contributed by atoms with Crippen LogP contribution in [-0.4, -0.2) is 31.4 Å². The molecule has 5 nitrogen and oxygen atoms in total. The third-order valence-electron chi connectivity index (χ3n) is 0.493. The molecule has 0 aromatic rings. The van der Waals surface area contributed by atoms with Gasteiger partial charge in [0.05, 0.1) is 0 Å². The quantitative estimate of drug-likeness (QED) is 0.394. The van der Waals surface area contributed by atoms with Gasteiger partial charge in [0, 0.05) is 0 Å². The molecule has 0 spiro atoms. The number of ketones is 1. The Labute approximate surface area is 53.0 Å². The molecule has 0 saturated carbocycles. The van der Waals surface area contributed by atoms with Gasteiger partial charge in [-0.1, -0.05) is 0 Å². The normalized spacial score (nSPS) is 12.6. The minimum Gasteiger partial charge on any atom is -0.475 e. The molecule has 0 heterocycles. The molecule has 1 atom stereocenters. The smallest absolute Gasteiger partial charge is 0.373 e. The molecule has 1 unspecified atom stereocenters. The highest BCUT2D eigenvalue weighted by Gasteiger charge is 2.13. The average Bonchev–Trinajstić information content (AvgIpc) is 1.63. The van der Waals surface area contributed by atoms with Crippen molar-refractivity contribution in [3.63, 3.8) is 0 Å². The van der Waals surface area contributed by atoms with Crippen LogP contribution in [-0.2, 0) is 20.7 Å². The number of aliphatic carboxylic acids is 1. The van der Waals surface area contributed by atoms with Gasteiger partial charge in [-0.25, -0.2) is 9.00 Å². The standard InChI is InChI=1S/C3H4O5S/c4-2(3(5)6)1-9(7)8/h1H2,(H,5,6)(H,7,8). The summed E-state index contributed by atoms with van der Waals surface area (Å²) in [5.41, 5.74) is 0. The Bertz CT molecular complexity index is 162. The van der Waals surface area contributed by atoms with E-state index >= 15 is 0 Å². The van der Waals surface area contributed by atoms with Crippen LogP contribution in [0.4, 0.5) is 0 Å². The van der Waals surface area contributed by atoms with Crippen molar-refractivity contribution in [2.24, 2.45) is 0 Å². The summed E-state index contributed by atoms with van der Waals surface area (Å²) in [5, 5.41) is 7.84. The number of hydrogen-bond donors (Lipinski definition) is 2. The molecule has 0 aromatic carbocycles. The number of carboxylic acids is 1. The second-order valence-corrected chi connectivity index (χ2v) is 2.13. The summed E-state index contributed by atoms with van der Waals surface area (Å²) in [6.45, 7) is 0.